The molecule has 7 heteroatoms. The third-order valence-corrected chi connectivity index (χ3v) is 5.31. The molecule has 4 rings (SSSR count). The van der Waals surface area contributed by atoms with E-state index in [-0.39, 0.29) is 31.2 Å². The van der Waals surface area contributed by atoms with E-state index in [1.807, 2.05) is 53.9 Å². The molecule has 2 heterocycles. The molecule has 1 aliphatic heterocycles. The molecule has 1 aromatic heterocycles. The standard InChI is InChI=1S/C21H17N3O3S/c25-18(12-24-19(26)9-10-20(24)27)22-16-8-4-7-15(11-16)17-13-28-21(23-17)14-5-2-1-3-6-14/h1-8,11,13H,9-10,12H2,(H,22,25). The number of thiazole rings is 1. The minimum atomic E-state index is -0.399. The maximum atomic E-state index is 12.2. The Morgan fingerprint density at radius 2 is 1.71 bits per heavy atom. The van der Waals surface area contributed by atoms with Crippen LogP contribution >= 0.6 is 11.3 Å². The van der Waals surface area contributed by atoms with Crippen molar-refractivity contribution >= 4 is 34.7 Å². The minimum Gasteiger partial charge on any atom is -0.325 e. The Morgan fingerprint density at radius 3 is 2.46 bits per heavy atom. The maximum absolute atomic E-state index is 12.2. The molecule has 0 aliphatic carbocycles. The first kappa shape index (κ1) is 18.1. The van der Waals surface area contributed by atoms with Crippen LogP contribution in [0, 0.1) is 0 Å². The van der Waals surface area contributed by atoms with Crippen molar-refractivity contribution in [1.82, 2.24) is 9.88 Å². The zero-order valence-electron chi connectivity index (χ0n) is 14.9. The third-order valence-electron chi connectivity index (χ3n) is 4.42. The smallest absolute Gasteiger partial charge is 0.244 e. The van der Waals surface area contributed by atoms with E-state index in [4.69, 9.17) is 0 Å². The van der Waals surface area contributed by atoms with Crippen molar-refractivity contribution in [2.45, 2.75) is 12.8 Å². The quantitative estimate of drug-likeness (QED) is 0.675. The summed E-state index contributed by atoms with van der Waals surface area (Å²) in [6, 6.07) is 17.3. The zero-order valence-corrected chi connectivity index (χ0v) is 15.7. The van der Waals surface area contributed by atoms with E-state index in [0.29, 0.717) is 5.69 Å². The summed E-state index contributed by atoms with van der Waals surface area (Å²) >= 11 is 1.56. The fourth-order valence-electron chi connectivity index (χ4n) is 3.02. The van der Waals surface area contributed by atoms with E-state index in [1.165, 1.54) is 0 Å². The van der Waals surface area contributed by atoms with Gasteiger partial charge in [0.15, 0.2) is 0 Å². The van der Waals surface area contributed by atoms with Gasteiger partial charge in [0, 0.05) is 35.0 Å². The third kappa shape index (κ3) is 3.84. The minimum absolute atomic E-state index is 0.176. The van der Waals surface area contributed by atoms with Crippen molar-refractivity contribution < 1.29 is 14.4 Å². The Hall–Kier alpha value is -3.32. The van der Waals surface area contributed by atoms with Crippen molar-refractivity contribution in [2.24, 2.45) is 0 Å². The molecule has 0 radical (unpaired) electrons. The molecule has 28 heavy (non-hydrogen) atoms. The number of nitrogens with one attached hydrogen (secondary N) is 1. The molecule has 0 bridgehead atoms. The lowest BCUT2D eigenvalue weighted by molar-refractivity contribution is -0.141. The van der Waals surface area contributed by atoms with Gasteiger partial charge in [0.2, 0.25) is 17.7 Å². The average molecular weight is 391 g/mol. The van der Waals surface area contributed by atoms with E-state index in [9.17, 15) is 14.4 Å². The molecule has 140 valence electrons. The lowest BCUT2D eigenvalue weighted by atomic mass is 10.1. The van der Waals surface area contributed by atoms with Crippen LogP contribution in [0.25, 0.3) is 21.8 Å². The number of amides is 3. The fraction of sp³-hybridized carbons (Fsp3) is 0.143. The van der Waals surface area contributed by atoms with Crippen molar-refractivity contribution in [1.29, 1.82) is 0 Å². The molecule has 6 nitrogen and oxygen atoms in total. The topological polar surface area (TPSA) is 79.4 Å². The number of hydrogen-bond donors (Lipinski definition) is 1. The van der Waals surface area contributed by atoms with Crippen LogP contribution in [-0.4, -0.2) is 34.2 Å². The number of carbonyl (C=O) groups excluding carboxylic acids is 3. The lowest BCUT2D eigenvalue weighted by Gasteiger charge is -2.13. The highest BCUT2D eigenvalue weighted by molar-refractivity contribution is 7.13. The SMILES string of the molecule is O=C(CN1C(=O)CCC1=O)Nc1cccc(-c2csc(-c3ccccc3)n2)c1. The Labute approximate surface area is 165 Å². The van der Waals surface area contributed by atoms with Crippen molar-refractivity contribution in [3.05, 3.63) is 60.0 Å². The predicted octanol–water partition coefficient (Wildman–Crippen LogP) is 3.56. The molecule has 2 aromatic carbocycles. The van der Waals surface area contributed by atoms with Gasteiger partial charge in [-0.2, -0.15) is 0 Å². The molecule has 3 aromatic rings. The molecule has 0 atom stereocenters. The summed E-state index contributed by atoms with van der Waals surface area (Å²) in [7, 11) is 0. The molecule has 0 saturated carbocycles. The number of hydrogen-bond acceptors (Lipinski definition) is 5. The average Bonchev–Trinajstić information content (AvgIpc) is 3.32. The molecule has 0 unspecified atom stereocenters. The molecule has 1 fully saturated rings. The van der Waals surface area contributed by atoms with Crippen LogP contribution in [0.1, 0.15) is 12.8 Å². The molecule has 1 N–H and O–H groups in total. The molecule has 0 spiro atoms. The van der Waals surface area contributed by atoms with Crippen molar-refractivity contribution in [3.8, 4) is 21.8 Å². The van der Waals surface area contributed by atoms with Gasteiger partial charge in [-0.3, -0.25) is 19.3 Å². The van der Waals surface area contributed by atoms with E-state index in [2.05, 4.69) is 10.3 Å². The van der Waals surface area contributed by atoms with Crippen LogP contribution in [0.4, 0.5) is 5.69 Å². The number of anilines is 1. The summed E-state index contributed by atoms with van der Waals surface area (Å²) in [6.45, 7) is -0.253. The summed E-state index contributed by atoms with van der Waals surface area (Å²) in [6.07, 6.45) is 0.352. The lowest BCUT2D eigenvalue weighted by Crippen LogP contribution is -2.36. The molecular formula is C21H17N3O3S. The normalized spacial score (nSPS) is 13.8. The van der Waals surface area contributed by atoms with Gasteiger partial charge >= 0.3 is 0 Å². The van der Waals surface area contributed by atoms with Crippen molar-refractivity contribution in [3.63, 3.8) is 0 Å². The van der Waals surface area contributed by atoms with Gasteiger partial charge in [-0.1, -0.05) is 42.5 Å². The van der Waals surface area contributed by atoms with Crippen LogP contribution in [0.15, 0.2) is 60.0 Å². The van der Waals surface area contributed by atoms with Gasteiger partial charge < -0.3 is 5.32 Å². The number of benzene rings is 2. The molecule has 3 amide bonds. The van der Waals surface area contributed by atoms with Gasteiger partial charge in [-0.05, 0) is 12.1 Å². The number of aromatic nitrogens is 1. The van der Waals surface area contributed by atoms with Gasteiger partial charge in [0.25, 0.3) is 0 Å². The molecule has 1 aliphatic rings. The van der Waals surface area contributed by atoms with Crippen LogP contribution in [0.3, 0.4) is 0 Å². The van der Waals surface area contributed by atoms with Crippen molar-refractivity contribution in [2.75, 3.05) is 11.9 Å². The number of likely N-dealkylation sites (tertiary alicyclic amines) is 1. The Bertz CT molecular complexity index is 1030. The highest BCUT2D eigenvalue weighted by atomic mass is 32.1. The van der Waals surface area contributed by atoms with E-state index in [0.717, 1.165) is 26.7 Å². The monoisotopic (exact) mass is 391 g/mol. The first-order chi connectivity index (χ1) is 13.6. The highest BCUT2D eigenvalue weighted by Crippen LogP contribution is 2.29. The van der Waals surface area contributed by atoms with Crippen LogP contribution in [-0.2, 0) is 14.4 Å². The van der Waals surface area contributed by atoms with Gasteiger partial charge in [-0.15, -0.1) is 11.3 Å². The summed E-state index contributed by atoms with van der Waals surface area (Å²) in [5, 5.41) is 5.65. The largest absolute Gasteiger partial charge is 0.325 e. The van der Waals surface area contributed by atoms with Crippen LogP contribution in [0.2, 0.25) is 0 Å². The molecule has 1 saturated heterocycles. The second kappa shape index (κ2) is 7.74. The molecular weight excluding hydrogens is 374 g/mol. The Kier molecular flexibility index (Phi) is 4.99. The summed E-state index contributed by atoms with van der Waals surface area (Å²) in [4.78, 5) is 41.2. The van der Waals surface area contributed by atoms with Gasteiger partial charge in [0.05, 0.1) is 5.69 Å². The second-order valence-corrected chi connectivity index (χ2v) is 7.26. The first-order valence-corrected chi connectivity index (χ1v) is 9.72. The number of imide groups is 1. The first-order valence-electron chi connectivity index (χ1n) is 8.84. The van der Waals surface area contributed by atoms with E-state index < -0.39 is 5.91 Å². The Balaban J connectivity index is 1.48. The summed E-state index contributed by atoms with van der Waals surface area (Å²) in [5.41, 5.74) is 3.36. The summed E-state index contributed by atoms with van der Waals surface area (Å²) < 4.78 is 0. The Morgan fingerprint density at radius 1 is 1.00 bits per heavy atom. The number of nitrogens with zero attached hydrogens (tertiary/aromatic N) is 2. The van der Waals surface area contributed by atoms with Crippen LogP contribution < -0.4 is 5.32 Å². The maximum Gasteiger partial charge on any atom is 0.244 e. The van der Waals surface area contributed by atoms with E-state index in [1.54, 1.807) is 17.4 Å². The van der Waals surface area contributed by atoms with E-state index >= 15 is 0 Å². The highest BCUT2D eigenvalue weighted by Gasteiger charge is 2.30. The number of rotatable bonds is 5. The fourth-order valence-corrected chi connectivity index (χ4v) is 3.85. The predicted molar refractivity (Wildman–Crippen MR) is 108 cm³/mol. The van der Waals surface area contributed by atoms with Gasteiger partial charge in [-0.25, -0.2) is 4.98 Å². The summed E-state index contributed by atoms with van der Waals surface area (Å²) in [5.74, 6) is -1.00. The van der Waals surface area contributed by atoms with Gasteiger partial charge in [0.1, 0.15) is 11.6 Å². The van der Waals surface area contributed by atoms with Crippen LogP contribution in [0.5, 0.6) is 0 Å². The number of carbonyl (C=O) groups is 3. The zero-order chi connectivity index (χ0) is 19.5. The second-order valence-electron chi connectivity index (χ2n) is 6.41.